The molecule has 1 aliphatic rings. The van der Waals surface area contributed by atoms with Crippen molar-refractivity contribution in [3.63, 3.8) is 0 Å². The Morgan fingerprint density at radius 3 is 2.62 bits per heavy atom. The van der Waals surface area contributed by atoms with E-state index >= 15 is 0 Å². The Kier molecular flexibility index (Phi) is 2.82. The smallest absolute Gasteiger partial charge is 0.205 e. The largest absolute Gasteiger partial charge is 0.506 e. The summed E-state index contributed by atoms with van der Waals surface area (Å²) in [6.07, 6.45) is 6.43. The molecule has 0 bridgehead atoms. The fourth-order valence-corrected chi connectivity index (χ4v) is 1.24. The number of carbonyl (C=O) groups excluding carboxylic acids is 1. The summed E-state index contributed by atoms with van der Waals surface area (Å²) in [7, 11) is 0. The summed E-state index contributed by atoms with van der Waals surface area (Å²) >= 11 is 0. The average Bonchev–Trinajstić information content (AvgIpc) is 2.30. The maximum atomic E-state index is 11.3. The molecule has 1 aliphatic carbocycles. The highest BCUT2D eigenvalue weighted by Gasteiger charge is 2.07. The van der Waals surface area contributed by atoms with Gasteiger partial charge in [-0.1, -0.05) is 24.3 Å². The first kappa shape index (κ1) is 10.2. The lowest BCUT2D eigenvalue weighted by Gasteiger charge is -2.04. The van der Waals surface area contributed by atoms with Crippen LogP contribution in [0.3, 0.4) is 0 Å². The highest BCUT2D eigenvalue weighted by atomic mass is 16.3. The van der Waals surface area contributed by atoms with Gasteiger partial charge in [0.25, 0.3) is 0 Å². The molecule has 0 radical (unpaired) electrons. The third-order valence-electron chi connectivity index (χ3n) is 2.07. The number of hydrogen-bond acceptors (Lipinski definition) is 4. The molecule has 0 heterocycles. The van der Waals surface area contributed by atoms with Gasteiger partial charge in [-0.3, -0.25) is 10.2 Å². The van der Waals surface area contributed by atoms with Crippen LogP contribution in [0.15, 0.2) is 53.7 Å². The topological polar surface area (TPSA) is 61.7 Å². The van der Waals surface area contributed by atoms with Crippen molar-refractivity contribution in [2.24, 2.45) is 5.10 Å². The second-order valence-electron chi connectivity index (χ2n) is 3.21. The van der Waals surface area contributed by atoms with E-state index in [1.807, 2.05) is 0 Å². The van der Waals surface area contributed by atoms with E-state index in [4.69, 9.17) is 0 Å². The molecule has 16 heavy (non-hydrogen) atoms. The third kappa shape index (κ3) is 2.17. The Morgan fingerprint density at radius 1 is 1.12 bits per heavy atom. The molecule has 2 rings (SSSR count). The molecule has 0 saturated carbocycles. The predicted octanol–water partition coefficient (Wildman–Crippen LogP) is 1.86. The molecule has 0 unspecified atom stereocenters. The first-order valence-electron chi connectivity index (χ1n) is 4.78. The number of phenolic OH excluding ortho intramolecular Hbond substituents is 1. The van der Waals surface area contributed by atoms with Gasteiger partial charge in [-0.15, -0.1) is 0 Å². The van der Waals surface area contributed by atoms with E-state index in [1.165, 1.54) is 6.08 Å². The van der Waals surface area contributed by atoms with Crippen LogP contribution in [0.2, 0.25) is 0 Å². The second kappa shape index (κ2) is 4.44. The van der Waals surface area contributed by atoms with Crippen LogP contribution in [0.5, 0.6) is 5.75 Å². The number of benzene rings is 1. The van der Waals surface area contributed by atoms with Gasteiger partial charge in [0, 0.05) is 0 Å². The number of hydrogen-bond donors (Lipinski definition) is 2. The molecule has 0 spiro atoms. The van der Waals surface area contributed by atoms with Crippen LogP contribution < -0.4 is 5.43 Å². The maximum absolute atomic E-state index is 11.3. The zero-order valence-electron chi connectivity index (χ0n) is 8.42. The van der Waals surface area contributed by atoms with E-state index in [9.17, 15) is 9.90 Å². The van der Waals surface area contributed by atoms with E-state index in [0.29, 0.717) is 11.4 Å². The lowest BCUT2D eigenvalue weighted by atomic mass is 10.1. The molecule has 80 valence electrons. The van der Waals surface area contributed by atoms with Crippen LogP contribution in [-0.2, 0) is 4.79 Å². The van der Waals surface area contributed by atoms with Crippen molar-refractivity contribution in [2.45, 2.75) is 0 Å². The predicted molar refractivity (Wildman–Crippen MR) is 62.5 cm³/mol. The highest BCUT2D eigenvalue weighted by Crippen LogP contribution is 2.21. The van der Waals surface area contributed by atoms with Crippen molar-refractivity contribution >= 4 is 17.2 Å². The molecule has 0 saturated heterocycles. The molecule has 1 aromatic carbocycles. The van der Waals surface area contributed by atoms with E-state index in [1.54, 1.807) is 42.5 Å². The summed E-state index contributed by atoms with van der Waals surface area (Å²) < 4.78 is 0. The van der Waals surface area contributed by atoms with E-state index in [2.05, 4.69) is 10.5 Å². The van der Waals surface area contributed by atoms with Crippen LogP contribution in [0.1, 0.15) is 0 Å². The number of para-hydroxylation sites is 2. The van der Waals surface area contributed by atoms with Gasteiger partial charge in [0.1, 0.15) is 11.5 Å². The van der Waals surface area contributed by atoms with Crippen molar-refractivity contribution in [3.05, 3.63) is 48.6 Å². The number of phenols is 1. The molecule has 0 amide bonds. The molecule has 0 aliphatic heterocycles. The minimum absolute atomic E-state index is 0.0923. The molecule has 0 aromatic heterocycles. The van der Waals surface area contributed by atoms with Gasteiger partial charge in [-0.25, -0.2) is 0 Å². The van der Waals surface area contributed by atoms with Crippen LogP contribution in [-0.4, -0.2) is 16.6 Å². The van der Waals surface area contributed by atoms with Crippen molar-refractivity contribution in [1.82, 2.24) is 0 Å². The van der Waals surface area contributed by atoms with Crippen molar-refractivity contribution in [1.29, 1.82) is 0 Å². The second-order valence-corrected chi connectivity index (χ2v) is 3.21. The van der Waals surface area contributed by atoms with Gasteiger partial charge in [0.2, 0.25) is 5.78 Å². The summed E-state index contributed by atoms with van der Waals surface area (Å²) in [5, 5.41) is 13.4. The zero-order valence-corrected chi connectivity index (χ0v) is 8.42. The number of hydrazone groups is 1. The van der Waals surface area contributed by atoms with Crippen molar-refractivity contribution in [2.75, 3.05) is 5.43 Å². The monoisotopic (exact) mass is 214 g/mol. The summed E-state index contributed by atoms with van der Waals surface area (Å²) in [5.74, 6) is -0.0694. The molecule has 0 fully saturated rings. The summed E-state index contributed by atoms with van der Waals surface area (Å²) in [5.41, 5.74) is 3.42. The standard InChI is InChI=1S/C12H10N2O2/c15-11-7-3-1-5-9(11)13-14-10-6-2-4-8-12(10)16/h1-8,13,15H. The van der Waals surface area contributed by atoms with Gasteiger partial charge in [0.05, 0.1) is 5.69 Å². The first-order valence-corrected chi connectivity index (χ1v) is 4.78. The van der Waals surface area contributed by atoms with Gasteiger partial charge in [-0.05, 0) is 24.3 Å². The molecule has 4 nitrogen and oxygen atoms in total. The number of ketones is 1. The zero-order chi connectivity index (χ0) is 11.4. The number of anilines is 1. The van der Waals surface area contributed by atoms with Crippen molar-refractivity contribution < 1.29 is 9.90 Å². The quantitative estimate of drug-likeness (QED) is 0.448. The molecular weight excluding hydrogens is 204 g/mol. The molecule has 1 aromatic rings. The molecule has 0 atom stereocenters. The lowest BCUT2D eigenvalue weighted by Crippen LogP contribution is -2.12. The van der Waals surface area contributed by atoms with Crippen LogP contribution in [0.4, 0.5) is 5.69 Å². The van der Waals surface area contributed by atoms with Crippen molar-refractivity contribution in [3.8, 4) is 5.75 Å². The third-order valence-corrected chi connectivity index (χ3v) is 2.07. The van der Waals surface area contributed by atoms with E-state index in [0.717, 1.165) is 0 Å². The van der Waals surface area contributed by atoms with Gasteiger partial charge >= 0.3 is 0 Å². The Bertz CT molecular complexity index is 501. The Hall–Kier alpha value is -2.36. The number of nitrogens with zero attached hydrogens (tertiary/aromatic N) is 1. The number of nitrogens with one attached hydrogen (secondary N) is 1. The average molecular weight is 214 g/mol. The molecule has 2 N–H and O–H groups in total. The van der Waals surface area contributed by atoms with Crippen LogP contribution >= 0.6 is 0 Å². The number of aromatic hydroxyl groups is 1. The van der Waals surface area contributed by atoms with Gasteiger partial charge < -0.3 is 5.11 Å². The minimum atomic E-state index is -0.162. The summed E-state index contributed by atoms with van der Waals surface area (Å²) in [4.78, 5) is 11.3. The van der Waals surface area contributed by atoms with E-state index < -0.39 is 0 Å². The SMILES string of the molecule is O=C1C=CC=CC1=NNc1ccccc1O. The van der Waals surface area contributed by atoms with Gasteiger partial charge in [0.15, 0.2) is 0 Å². The summed E-state index contributed by atoms with van der Waals surface area (Å²) in [6.45, 7) is 0. The maximum Gasteiger partial charge on any atom is 0.205 e. The van der Waals surface area contributed by atoms with E-state index in [-0.39, 0.29) is 11.5 Å². The first-order chi connectivity index (χ1) is 7.77. The lowest BCUT2D eigenvalue weighted by molar-refractivity contribution is -0.108. The fraction of sp³-hybridized carbons (Fsp3) is 0. The van der Waals surface area contributed by atoms with Crippen LogP contribution in [0, 0.1) is 0 Å². The Labute approximate surface area is 92.6 Å². The van der Waals surface area contributed by atoms with Crippen LogP contribution in [0.25, 0.3) is 0 Å². The molecule has 4 heteroatoms. The Morgan fingerprint density at radius 2 is 1.88 bits per heavy atom. The molecular formula is C12H10N2O2. The minimum Gasteiger partial charge on any atom is -0.506 e. The fourth-order valence-electron chi connectivity index (χ4n) is 1.24. The summed E-state index contributed by atoms with van der Waals surface area (Å²) in [6, 6.07) is 6.69. The number of allylic oxidation sites excluding steroid dienone is 4. The normalized spacial score (nSPS) is 16.8. The Balaban J connectivity index is 2.15. The number of rotatable bonds is 2. The highest BCUT2D eigenvalue weighted by molar-refractivity contribution is 6.48. The number of carbonyl (C=O) groups is 1. The van der Waals surface area contributed by atoms with Gasteiger partial charge in [-0.2, -0.15) is 5.10 Å².